The van der Waals surface area contributed by atoms with Gasteiger partial charge in [0, 0.05) is 0 Å². The molecule has 5 nitrogen and oxygen atoms in total. The predicted molar refractivity (Wildman–Crippen MR) is 69.4 cm³/mol. The molecule has 0 bridgehead atoms. The summed E-state index contributed by atoms with van der Waals surface area (Å²) < 4.78 is 24.6. The van der Waals surface area contributed by atoms with Crippen LogP contribution in [0, 0.1) is 0 Å². The van der Waals surface area contributed by atoms with E-state index in [9.17, 15) is 18.3 Å². The Kier molecular flexibility index (Phi) is 16.4. The number of nitrogens with one attached hydrogen (secondary N) is 1. The molecule has 0 saturated heterocycles. The zero-order valence-electron chi connectivity index (χ0n) is 12.1. The van der Waals surface area contributed by atoms with Crippen molar-refractivity contribution < 1.29 is 69.7 Å². The average Bonchev–Trinajstić information content (AvgIpc) is 2.30. The van der Waals surface area contributed by atoms with Gasteiger partial charge in [0.2, 0.25) is 10.0 Å². The van der Waals surface area contributed by atoms with E-state index in [0.29, 0.717) is 6.42 Å². The van der Waals surface area contributed by atoms with Crippen LogP contribution in [0.2, 0.25) is 0 Å². The van der Waals surface area contributed by atoms with Gasteiger partial charge in [-0.05, 0) is 6.42 Å². The number of carboxylic acids is 1. The number of aliphatic carboxylic acids is 1. The molecule has 0 atom stereocenters. The van der Waals surface area contributed by atoms with Crippen LogP contribution < -0.4 is 61.2 Å². The summed E-state index contributed by atoms with van der Waals surface area (Å²) in [5.41, 5.74) is 0. The minimum absolute atomic E-state index is 0. The predicted octanol–water partition coefficient (Wildman–Crippen LogP) is -2.20. The maximum atomic E-state index is 11.3. The Morgan fingerprint density at radius 1 is 1.00 bits per heavy atom. The number of hydrogen-bond acceptors (Lipinski definition) is 4. The van der Waals surface area contributed by atoms with Crippen LogP contribution >= 0.6 is 0 Å². The summed E-state index contributed by atoms with van der Waals surface area (Å²) in [6.45, 7) is 1.53. The molecule has 108 valence electrons. The van der Waals surface area contributed by atoms with Gasteiger partial charge >= 0.3 is 51.4 Å². The summed E-state index contributed by atoms with van der Waals surface area (Å²) in [4.78, 5) is 10.1. The van der Waals surface area contributed by atoms with E-state index >= 15 is 0 Å². The molecule has 0 aromatic heterocycles. The summed E-state index contributed by atoms with van der Waals surface area (Å²) in [6.07, 6.45) is 8.59. The molecule has 0 heterocycles. The molecular formula is C12H24KNO4S. The van der Waals surface area contributed by atoms with Crippen molar-refractivity contribution in [1.29, 1.82) is 0 Å². The second-order valence-electron chi connectivity index (χ2n) is 4.49. The number of carboxylic acid groups (broad SMARTS) is 1. The smallest absolute Gasteiger partial charge is 0.549 e. The van der Waals surface area contributed by atoms with Gasteiger partial charge in [-0.1, -0.05) is 51.9 Å². The Balaban J connectivity index is 0. The van der Waals surface area contributed by atoms with Gasteiger partial charge in [0.15, 0.2) is 0 Å². The summed E-state index contributed by atoms with van der Waals surface area (Å²) in [7, 11) is -3.45. The topological polar surface area (TPSA) is 86.3 Å². The van der Waals surface area contributed by atoms with Crippen LogP contribution in [0.5, 0.6) is 0 Å². The van der Waals surface area contributed by atoms with Gasteiger partial charge in [0.25, 0.3) is 0 Å². The van der Waals surface area contributed by atoms with Crippen molar-refractivity contribution in [1.82, 2.24) is 4.72 Å². The molecular weight excluding hydrogens is 293 g/mol. The fourth-order valence-electron chi connectivity index (χ4n) is 1.67. The summed E-state index contributed by atoms with van der Waals surface area (Å²) in [6, 6.07) is 0. The first kappa shape index (κ1) is 22.3. The zero-order valence-corrected chi connectivity index (χ0v) is 16.1. The number of carbonyl (C=O) groups excluding carboxylic acids is 1. The number of hydrogen-bond donors (Lipinski definition) is 1. The molecule has 0 unspecified atom stereocenters. The second kappa shape index (κ2) is 14.0. The molecule has 0 radical (unpaired) electrons. The Morgan fingerprint density at radius 3 is 1.95 bits per heavy atom. The molecule has 0 aliphatic heterocycles. The van der Waals surface area contributed by atoms with Gasteiger partial charge in [0.1, 0.15) is 0 Å². The Morgan fingerprint density at radius 2 is 1.47 bits per heavy atom. The molecule has 0 amide bonds. The molecule has 1 N–H and O–H groups in total. The van der Waals surface area contributed by atoms with Crippen LogP contribution in [-0.2, 0) is 14.8 Å². The average molecular weight is 317 g/mol. The van der Waals surface area contributed by atoms with Gasteiger partial charge in [-0.3, -0.25) is 0 Å². The van der Waals surface area contributed by atoms with Crippen LogP contribution in [0.4, 0.5) is 0 Å². The molecule has 0 aliphatic carbocycles. The molecule has 19 heavy (non-hydrogen) atoms. The van der Waals surface area contributed by atoms with Crippen LogP contribution in [0.1, 0.15) is 58.3 Å². The minimum atomic E-state index is -3.45. The summed E-state index contributed by atoms with van der Waals surface area (Å²) in [5.74, 6) is -1.41. The van der Waals surface area contributed by atoms with Crippen molar-refractivity contribution in [2.75, 3.05) is 12.3 Å². The largest absolute Gasteiger partial charge is 1.00 e. The number of carbonyl (C=O) groups is 1. The summed E-state index contributed by atoms with van der Waals surface area (Å²) in [5, 5.41) is 10.1. The first-order valence-corrected chi connectivity index (χ1v) is 8.30. The van der Waals surface area contributed by atoms with Crippen LogP contribution in [-0.4, -0.2) is 26.7 Å². The van der Waals surface area contributed by atoms with E-state index in [-0.39, 0.29) is 57.1 Å². The van der Waals surface area contributed by atoms with E-state index < -0.39 is 22.5 Å². The van der Waals surface area contributed by atoms with E-state index in [4.69, 9.17) is 0 Å². The van der Waals surface area contributed by atoms with Crippen molar-refractivity contribution in [2.24, 2.45) is 0 Å². The van der Waals surface area contributed by atoms with E-state index in [1.54, 1.807) is 0 Å². The minimum Gasteiger partial charge on any atom is -0.549 e. The fourth-order valence-corrected chi connectivity index (χ4v) is 2.73. The molecule has 0 spiro atoms. The SMILES string of the molecule is CCCCCCCCCCS(=O)(=O)NCC(=O)[O-].[K+]. The van der Waals surface area contributed by atoms with Crippen LogP contribution in [0.15, 0.2) is 0 Å². The Bertz CT molecular complexity index is 320. The third-order valence-electron chi connectivity index (χ3n) is 2.70. The van der Waals surface area contributed by atoms with Gasteiger partial charge in [-0.25, -0.2) is 13.1 Å². The molecule has 0 saturated carbocycles. The van der Waals surface area contributed by atoms with E-state index in [1.807, 2.05) is 4.72 Å². The third kappa shape index (κ3) is 17.0. The van der Waals surface area contributed by atoms with Crippen molar-refractivity contribution >= 4 is 16.0 Å². The Hall–Kier alpha value is 1.02. The van der Waals surface area contributed by atoms with E-state index in [0.717, 1.165) is 19.3 Å². The molecule has 0 rings (SSSR count). The quantitative estimate of drug-likeness (QED) is 0.327. The summed E-state index contributed by atoms with van der Waals surface area (Å²) >= 11 is 0. The second-order valence-corrected chi connectivity index (χ2v) is 6.41. The molecule has 0 aromatic carbocycles. The maximum absolute atomic E-state index is 11.3. The van der Waals surface area contributed by atoms with Gasteiger partial charge in [-0.2, -0.15) is 0 Å². The van der Waals surface area contributed by atoms with Gasteiger partial charge in [-0.15, -0.1) is 0 Å². The number of sulfonamides is 1. The van der Waals surface area contributed by atoms with Crippen molar-refractivity contribution in [3.63, 3.8) is 0 Å². The maximum Gasteiger partial charge on any atom is 1.00 e. The van der Waals surface area contributed by atoms with Crippen molar-refractivity contribution in [2.45, 2.75) is 58.3 Å². The molecule has 0 aliphatic rings. The van der Waals surface area contributed by atoms with Gasteiger partial charge in [0.05, 0.1) is 18.3 Å². The third-order valence-corrected chi connectivity index (χ3v) is 4.11. The normalized spacial score (nSPS) is 11.0. The van der Waals surface area contributed by atoms with E-state index in [2.05, 4.69) is 6.92 Å². The first-order chi connectivity index (χ1) is 8.48. The van der Waals surface area contributed by atoms with Crippen molar-refractivity contribution in [3.8, 4) is 0 Å². The number of rotatable bonds is 12. The van der Waals surface area contributed by atoms with E-state index in [1.165, 1.54) is 25.7 Å². The molecule has 0 fully saturated rings. The Labute approximate surface area is 159 Å². The standard InChI is InChI=1S/C12H25NO4S.K/c1-2-3-4-5-6-7-8-9-10-18(16,17)13-11-12(14)15;/h13H,2-11H2,1H3,(H,14,15);/q;+1/p-1. The van der Waals surface area contributed by atoms with Gasteiger partial charge < -0.3 is 9.90 Å². The fraction of sp³-hybridized carbons (Fsp3) is 0.917. The first-order valence-electron chi connectivity index (χ1n) is 6.65. The van der Waals surface area contributed by atoms with Crippen LogP contribution in [0.3, 0.4) is 0 Å². The zero-order chi connectivity index (χ0) is 13.9. The van der Waals surface area contributed by atoms with Crippen LogP contribution in [0.25, 0.3) is 0 Å². The number of unbranched alkanes of at least 4 members (excludes halogenated alkanes) is 7. The van der Waals surface area contributed by atoms with Crippen molar-refractivity contribution in [3.05, 3.63) is 0 Å². The monoisotopic (exact) mass is 317 g/mol. The molecule has 7 heteroatoms. The molecule has 0 aromatic rings.